The molecule has 0 aliphatic carbocycles. The van der Waals surface area contributed by atoms with E-state index in [1.165, 1.54) is 35.9 Å². The zero-order valence-corrected chi connectivity index (χ0v) is 11.2. The molecule has 0 spiro atoms. The molecule has 2 aromatic rings. The number of aromatic amines is 1. The smallest absolute Gasteiger partial charge is 0.293 e. The van der Waals surface area contributed by atoms with E-state index in [4.69, 9.17) is 0 Å². The highest BCUT2D eigenvalue weighted by Gasteiger charge is 2.13. The van der Waals surface area contributed by atoms with Crippen molar-refractivity contribution >= 4 is 23.2 Å². The van der Waals surface area contributed by atoms with E-state index in [1.807, 2.05) is 0 Å². The topological polar surface area (TPSA) is 111 Å². The van der Waals surface area contributed by atoms with E-state index in [0.717, 1.165) is 11.8 Å². The summed E-state index contributed by atoms with van der Waals surface area (Å²) in [6.45, 7) is 0. The van der Waals surface area contributed by atoms with E-state index in [-0.39, 0.29) is 28.5 Å². The minimum Gasteiger partial charge on any atom is -0.293 e. The lowest BCUT2D eigenvalue weighted by Crippen LogP contribution is -2.13. The first kappa shape index (κ1) is 14.0. The summed E-state index contributed by atoms with van der Waals surface area (Å²) in [7, 11) is 1.53. The van der Waals surface area contributed by atoms with Gasteiger partial charge >= 0.3 is 5.69 Å². The summed E-state index contributed by atoms with van der Waals surface area (Å²) in [4.78, 5) is 33.2. The number of non-ortho nitro benzene ring substituents is 1. The summed E-state index contributed by atoms with van der Waals surface area (Å²) < 4.78 is 1.28. The van der Waals surface area contributed by atoms with Crippen molar-refractivity contribution in [2.75, 3.05) is 5.75 Å². The van der Waals surface area contributed by atoms with E-state index >= 15 is 0 Å². The molecule has 0 bridgehead atoms. The highest BCUT2D eigenvalue weighted by Crippen LogP contribution is 2.17. The molecule has 0 aliphatic rings. The summed E-state index contributed by atoms with van der Waals surface area (Å²) in [5.74, 6) is -0.228. The molecule has 104 valence electrons. The van der Waals surface area contributed by atoms with Crippen LogP contribution < -0.4 is 5.69 Å². The van der Waals surface area contributed by atoms with Crippen LogP contribution in [0.4, 0.5) is 5.69 Å². The van der Waals surface area contributed by atoms with Crippen molar-refractivity contribution in [3.8, 4) is 0 Å². The van der Waals surface area contributed by atoms with Crippen LogP contribution in [0.1, 0.15) is 10.4 Å². The van der Waals surface area contributed by atoms with Gasteiger partial charge in [-0.1, -0.05) is 23.9 Å². The fourth-order valence-electron chi connectivity index (χ4n) is 1.47. The molecule has 0 saturated heterocycles. The number of nitro benzene ring substituents is 1. The molecule has 0 radical (unpaired) electrons. The number of hydrogen-bond acceptors (Lipinski definition) is 6. The molecule has 0 amide bonds. The molecule has 0 saturated carbocycles. The Labute approximate surface area is 117 Å². The molecule has 1 N–H and O–H groups in total. The molecular weight excluding hydrogens is 284 g/mol. The van der Waals surface area contributed by atoms with Crippen LogP contribution >= 0.6 is 11.8 Å². The molecular formula is C11H10N4O4S. The van der Waals surface area contributed by atoms with Crippen molar-refractivity contribution in [3.63, 3.8) is 0 Å². The predicted octanol–water partition coefficient (Wildman–Crippen LogP) is 0.992. The summed E-state index contributed by atoms with van der Waals surface area (Å²) in [6.07, 6.45) is 0. The number of benzene rings is 1. The second-order valence-corrected chi connectivity index (χ2v) is 4.83. The molecule has 1 aromatic heterocycles. The summed E-state index contributed by atoms with van der Waals surface area (Å²) in [5, 5.41) is 17.0. The highest BCUT2D eigenvalue weighted by molar-refractivity contribution is 7.99. The van der Waals surface area contributed by atoms with Gasteiger partial charge < -0.3 is 0 Å². The third kappa shape index (κ3) is 2.94. The Morgan fingerprint density at radius 1 is 1.55 bits per heavy atom. The number of hydrogen-bond donors (Lipinski definition) is 1. The minimum atomic E-state index is -0.554. The number of carbonyl (C=O) groups is 1. The summed E-state index contributed by atoms with van der Waals surface area (Å²) in [6, 6.07) is 5.52. The van der Waals surface area contributed by atoms with Gasteiger partial charge in [-0.2, -0.15) is 0 Å². The van der Waals surface area contributed by atoms with Gasteiger partial charge in [0.1, 0.15) is 0 Å². The molecule has 8 nitrogen and oxygen atoms in total. The third-order valence-corrected chi connectivity index (χ3v) is 3.58. The van der Waals surface area contributed by atoms with Crippen molar-refractivity contribution in [2.24, 2.45) is 7.05 Å². The third-order valence-electron chi connectivity index (χ3n) is 2.55. The van der Waals surface area contributed by atoms with E-state index in [0.29, 0.717) is 5.16 Å². The lowest BCUT2D eigenvalue weighted by Gasteiger charge is -2.00. The Kier molecular flexibility index (Phi) is 3.99. The maximum atomic E-state index is 11.9. The van der Waals surface area contributed by atoms with E-state index in [1.54, 1.807) is 0 Å². The SMILES string of the molecule is Cn1c(SCC(=O)c2cccc([N+](=O)[O-])c2)n[nH]c1=O. The Hall–Kier alpha value is -2.42. The monoisotopic (exact) mass is 294 g/mol. The van der Waals surface area contributed by atoms with Crippen LogP contribution in [0.25, 0.3) is 0 Å². The van der Waals surface area contributed by atoms with Gasteiger partial charge in [0.2, 0.25) is 0 Å². The number of ketones is 1. The average molecular weight is 294 g/mol. The first-order valence-electron chi connectivity index (χ1n) is 5.51. The van der Waals surface area contributed by atoms with E-state index < -0.39 is 4.92 Å². The molecule has 2 rings (SSSR count). The van der Waals surface area contributed by atoms with E-state index in [2.05, 4.69) is 10.2 Å². The Morgan fingerprint density at radius 3 is 2.90 bits per heavy atom. The van der Waals surface area contributed by atoms with Crippen LogP contribution in [0.2, 0.25) is 0 Å². The van der Waals surface area contributed by atoms with Gasteiger partial charge in [-0.05, 0) is 0 Å². The number of thioether (sulfide) groups is 1. The zero-order valence-electron chi connectivity index (χ0n) is 10.4. The molecule has 20 heavy (non-hydrogen) atoms. The van der Waals surface area contributed by atoms with Gasteiger partial charge in [0.25, 0.3) is 5.69 Å². The maximum Gasteiger partial charge on any atom is 0.343 e. The van der Waals surface area contributed by atoms with Gasteiger partial charge in [-0.15, -0.1) is 5.10 Å². The lowest BCUT2D eigenvalue weighted by atomic mass is 10.1. The average Bonchev–Trinajstić information content (AvgIpc) is 2.76. The molecule has 9 heteroatoms. The Morgan fingerprint density at radius 2 is 2.30 bits per heavy atom. The molecule has 0 unspecified atom stereocenters. The van der Waals surface area contributed by atoms with E-state index in [9.17, 15) is 19.7 Å². The quantitative estimate of drug-likeness (QED) is 0.381. The maximum absolute atomic E-state index is 11.9. The van der Waals surface area contributed by atoms with Gasteiger partial charge in [0.05, 0.1) is 10.7 Å². The van der Waals surface area contributed by atoms with Crippen molar-refractivity contribution in [1.82, 2.24) is 14.8 Å². The predicted molar refractivity (Wildman–Crippen MR) is 72.0 cm³/mol. The Bertz CT molecular complexity index is 721. The lowest BCUT2D eigenvalue weighted by molar-refractivity contribution is -0.384. The van der Waals surface area contributed by atoms with Crippen LogP contribution in [0, 0.1) is 10.1 Å². The van der Waals surface area contributed by atoms with Gasteiger partial charge in [-0.25, -0.2) is 9.89 Å². The standard InChI is InChI=1S/C11H10N4O4S/c1-14-10(17)12-13-11(14)20-6-9(16)7-3-2-4-8(5-7)15(18)19/h2-5H,6H2,1H3,(H,12,17). The second-order valence-electron chi connectivity index (χ2n) is 3.89. The fraction of sp³-hybridized carbons (Fsp3) is 0.182. The van der Waals surface area contributed by atoms with Gasteiger partial charge in [-0.3, -0.25) is 19.5 Å². The van der Waals surface area contributed by atoms with Gasteiger partial charge in [0.15, 0.2) is 10.9 Å². The van der Waals surface area contributed by atoms with Crippen LogP contribution in [-0.2, 0) is 7.05 Å². The fourth-order valence-corrected chi connectivity index (χ4v) is 2.28. The van der Waals surface area contributed by atoms with Crippen LogP contribution in [0.5, 0.6) is 0 Å². The number of aromatic nitrogens is 3. The number of nitrogens with zero attached hydrogens (tertiary/aromatic N) is 3. The Balaban J connectivity index is 2.09. The van der Waals surface area contributed by atoms with Crippen LogP contribution in [-0.4, -0.2) is 31.2 Å². The van der Waals surface area contributed by atoms with Crippen LogP contribution in [0.3, 0.4) is 0 Å². The first-order chi connectivity index (χ1) is 9.49. The van der Waals surface area contributed by atoms with Crippen molar-refractivity contribution in [3.05, 3.63) is 50.4 Å². The molecule has 0 atom stereocenters. The number of Topliss-reactive ketones (excluding diaryl/α,β-unsaturated/α-hetero) is 1. The zero-order chi connectivity index (χ0) is 14.7. The molecule has 0 fully saturated rings. The van der Waals surface area contributed by atoms with Gasteiger partial charge in [0, 0.05) is 24.7 Å². The normalized spacial score (nSPS) is 10.4. The number of nitro groups is 1. The minimum absolute atomic E-state index is 0.0410. The summed E-state index contributed by atoms with van der Waals surface area (Å²) in [5.41, 5.74) is -0.240. The van der Waals surface area contributed by atoms with Crippen molar-refractivity contribution in [2.45, 2.75) is 5.16 Å². The number of rotatable bonds is 5. The number of nitrogens with one attached hydrogen (secondary N) is 1. The summed E-state index contributed by atoms with van der Waals surface area (Å²) >= 11 is 1.09. The largest absolute Gasteiger partial charge is 0.343 e. The molecule has 1 aromatic carbocycles. The van der Waals surface area contributed by atoms with Crippen molar-refractivity contribution in [1.29, 1.82) is 0 Å². The molecule has 0 aliphatic heterocycles. The van der Waals surface area contributed by atoms with Crippen LogP contribution in [0.15, 0.2) is 34.2 Å². The number of carbonyl (C=O) groups excluding carboxylic acids is 1. The van der Waals surface area contributed by atoms with Crippen molar-refractivity contribution < 1.29 is 9.72 Å². The second kappa shape index (κ2) is 5.70. The highest BCUT2D eigenvalue weighted by atomic mass is 32.2. The first-order valence-corrected chi connectivity index (χ1v) is 6.49. The number of H-pyrrole nitrogens is 1. The molecule has 1 heterocycles.